The van der Waals surface area contributed by atoms with Crippen molar-refractivity contribution in [2.75, 3.05) is 13.7 Å². The van der Waals surface area contributed by atoms with Gasteiger partial charge in [-0.25, -0.2) is 0 Å². The van der Waals surface area contributed by atoms with Crippen LogP contribution in [0.5, 0.6) is 0 Å². The summed E-state index contributed by atoms with van der Waals surface area (Å²) in [6.07, 6.45) is 11.3. The first-order valence-corrected chi connectivity index (χ1v) is 8.68. The predicted molar refractivity (Wildman–Crippen MR) is 83.3 cm³/mol. The van der Waals surface area contributed by atoms with Crippen LogP contribution in [0.3, 0.4) is 0 Å². The summed E-state index contributed by atoms with van der Waals surface area (Å²) in [5, 5.41) is 3.70. The zero-order chi connectivity index (χ0) is 15.1. The van der Waals surface area contributed by atoms with Gasteiger partial charge in [-0.3, -0.25) is 10.1 Å². The molecule has 2 atom stereocenters. The minimum atomic E-state index is -0.526. The van der Waals surface area contributed by atoms with E-state index in [1.165, 1.54) is 45.6 Å². The molecule has 0 aromatic carbocycles. The van der Waals surface area contributed by atoms with E-state index in [0.717, 1.165) is 25.7 Å². The number of hydrogen-bond acceptors (Lipinski definition) is 4. The first-order valence-electron chi connectivity index (χ1n) is 8.68. The fourth-order valence-electron chi connectivity index (χ4n) is 3.84. The summed E-state index contributed by atoms with van der Waals surface area (Å²) < 4.78 is 11.0. The molecule has 4 nitrogen and oxygen atoms in total. The Morgan fingerprint density at radius 3 is 2.62 bits per heavy atom. The maximum Gasteiger partial charge on any atom is 0.326 e. The molecule has 1 aliphatic heterocycles. The van der Waals surface area contributed by atoms with E-state index in [1.54, 1.807) is 0 Å². The van der Waals surface area contributed by atoms with Gasteiger partial charge in [-0.15, -0.1) is 0 Å². The van der Waals surface area contributed by atoms with E-state index in [1.807, 2.05) is 0 Å². The van der Waals surface area contributed by atoms with Gasteiger partial charge in [0.2, 0.25) is 0 Å². The number of ether oxygens (including phenoxy) is 2. The van der Waals surface area contributed by atoms with Crippen LogP contribution >= 0.6 is 0 Å². The molecule has 21 heavy (non-hydrogen) atoms. The molecule has 122 valence electrons. The Morgan fingerprint density at radius 2 is 2.00 bits per heavy atom. The summed E-state index contributed by atoms with van der Waals surface area (Å²) in [6, 6.07) is 0.451. The van der Waals surface area contributed by atoms with E-state index in [2.05, 4.69) is 12.2 Å². The highest BCUT2D eigenvalue weighted by molar-refractivity contribution is 5.81. The lowest BCUT2D eigenvalue weighted by atomic mass is 9.84. The molecule has 2 aliphatic rings. The number of esters is 1. The lowest BCUT2D eigenvalue weighted by Crippen LogP contribution is -2.60. The minimum Gasteiger partial charge on any atom is -0.468 e. The molecule has 0 amide bonds. The van der Waals surface area contributed by atoms with Gasteiger partial charge in [-0.05, 0) is 25.7 Å². The van der Waals surface area contributed by atoms with Crippen LogP contribution in [0.25, 0.3) is 0 Å². The zero-order valence-corrected chi connectivity index (χ0v) is 13.7. The molecule has 0 bridgehead atoms. The molecule has 0 radical (unpaired) electrons. The Bertz CT molecular complexity index is 324. The van der Waals surface area contributed by atoms with Crippen LogP contribution in [0.4, 0.5) is 0 Å². The van der Waals surface area contributed by atoms with Gasteiger partial charge in [0.15, 0.2) is 0 Å². The Balaban J connectivity index is 2.06. The Labute approximate surface area is 129 Å². The van der Waals surface area contributed by atoms with Crippen molar-refractivity contribution in [2.45, 2.75) is 88.8 Å². The van der Waals surface area contributed by atoms with Gasteiger partial charge >= 0.3 is 5.97 Å². The largest absolute Gasteiger partial charge is 0.468 e. The van der Waals surface area contributed by atoms with Gasteiger partial charge in [0.05, 0.1) is 13.2 Å². The van der Waals surface area contributed by atoms with E-state index >= 15 is 0 Å². The third-order valence-electron chi connectivity index (χ3n) is 4.98. The molecule has 4 heteroatoms. The first kappa shape index (κ1) is 16.8. The summed E-state index contributed by atoms with van der Waals surface area (Å²) in [5.41, 5.74) is -0.526. The van der Waals surface area contributed by atoms with Gasteiger partial charge in [0.25, 0.3) is 0 Å². The molecule has 1 heterocycles. The van der Waals surface area contributed by atoms with Crippen LogP contribution in [-0.4, -0.2) is 37.4 Å². The van der Waals surface area contributed by atoms with Gasteiger partial charge in [-0.1, -0.05) is 39.0 Å². The fourth-order valence-corrected chi connectivity index (χ4v) is 3.84. The van der Waals surface area contributed by atoms with E-state index in [0.29, 0.717) is 12.6 Å². The van der Waals surface area contributed by atoms with Crippen molar-refractivity contribution in [2.24, 2.45) is 0 Å². The first-order chi connectivity index (χ1) is 10.2. The van der Waals surface area contributed by atoms with E-state index in [4.69, 9.17) is 9.47 Å². The molecule has 0 aromatic rings. The third-order valence-corrected chi connectivity index (χ3v) is 4.98. The topological polar surface area (TPSA) is 47.6 Å². The molecular weight excluding hydrogens is 266 g/mol. The second-order valence-corrected chi connectivity index (χ2v) is 6.64. The second kappa shape index (κ2) is 8.14. The molecular formula is C17H31NO3. The van der Waals surface area contributed by atoms with E-state index < -0.39 is 5.54 Å². The van der Waals surface area contributed by atoms with Gasteiger partial charge in [0, 0.05) is 19.1 Å². The molecule has 1 saturated heterocycles. The molecule has 2 unspecified atom stereocenters. The molecule has 1 aliphatic carbocycles. The molecule has 2 rings (SSSR count). The maximum absolute atomic E-state index is 12.5. The van der Waals surface area contributed by atoms with Crippen LogP contribution in [0.1, 0.15) is 71.1 Å². The Morgan fingerprint density at radius 1 is 1.29 bits per heavy atom. The zero-order valence-electron chi connectivity index (χ0n) is 13.7. The molecule has 1 saturated carbocycles. The van der Waals surface area contributed by atoms with Crippen molar-refractivity contribution in [3.63, 3.8) is 0 Å². The number of methoxy groups -OCH3 is 1. The van der Waals surface area contributed by atoms with Crippen molar-refractivity contribution in [1.82, 2.24) is 5.32 Å². The van der Waals surface area contributed by atoms with Crippen molar-refractivity contribution >= 4 is 5.97 Å². The smallest absolute Gasteiger partial charge is 0.326 e. The lowest BCUT2D eigenvalue weighted by Gasteiger charge is -2.41. The molecule has 1 N–H and O–H groups in total. The van der Waals surface area contributed by atoms with Crippen molar-refractivity contribution < 1.29 is 14.3 Å². The van der Waals surface area contributed by atoms with Crippen LogP contribution in [0.15, 0.2) is 0 Å². The average Bonchev–Trinajstić information content (AvgIpc) is 2.75. The van der Waals surface area contributed by atoms with E-state index in [9.17, 15) is 4.79 Å². The number of hydrogen-bond donors (Lipinski definition) is 1. The number of carbonyl (C=O) groups excluding carboxylic acids is 1. The third kappa shape index (κ3) is 4.43. The highest BCUT2D eigenvalue weighted by Gasteiger charge is 2.45. The summed E-state index contributed by atoms with van der Waals surface area (Å²) in [4.78, 5) is 12.5. The summed E-state index contributed by atoms with van der Waals surface area (Å²) >= 11 is 0. The van der Waals surface area contributed by atoms with Crippen LogP contribution in [0, 0.1) is 0 Å². The highest BCUT2D eigenvalue weighted by atomic mass is 16.5. The summed E-state index contributed by atoms with van der Waals surface area (Å²) in [6.45, 7) is 2.82. The second-order valence-electron chi connectivity index (χ2n) is 6.64. The number of carbonyl (C=O) groups is 1. The standard InChI is InChI=1S/C17H31NO3/c1-3-8-15-13-17(11-12-21-15,16(19)20-2)18-14-9-6-4-5-7-10-14/h14-15,18H,3-13H2,1-2H3. The van der Waals surface area contributed by atoms with Crippen LogP contribution in [0.2, 0.25) is 0 Å². The minimum absolute atomic E-state index is 0.101. The van der Waals surface area contributed by atoms with Crippen molar-refractivity contribution in [1.29, 1.82) is 0 Å². The SMILES string of the molecule is CCCC1CC(NC2CCCCCC2)(C(=O)OC)CCO1. The Kier molecular flexibility index (Phi) is 6.49. The normalized spacial score (nSPS) is 31.6. The lowest BCUT2D eigenvalue weighted by molar-refractivity contribution is -0.156. The quantitative estimate of drug-likeness (QED) is 0.625. The fraction of sp³-hybridized carbons (Fsp3) is 0.941. The van der Waals surface area contributed by atoms with Crippen LogP contribution < -0.4 is 5.32 Å². The Hall–Kier alpha value is -0.610. The summed E-state index contributed by atoms with van der Waals surface area (Å²) in [7, 11) is 1.50. The van der Waals surface area contributed by atoms with Crippen LogP contribution in [-0.2, 0) is 14.3 Å². The molecule has 0 spiro atoms. The van der Waals surface area contributed by atoms with Gasteiger partial charge in [-0.2, -0.15) is 0 Å². The summed E-state index contributed by atoms with van der Waals surface area (Å²) in [5.74, 6) is -0.101. The van der Waals surface area contributed by atoms with Crippen molar-refractivity contribution in [3.05, 3.63) is 0 Å². The van der Waals surface area contributed by atoms with Crippen molar-refractivity contribution in [3.8, 4) is 0 Å². The maximum atomic E-state index is 12.5. The average molecular weight is 297 g/mol. The molecule has 2 fully saturated rings. The monoisotopic (exact) mass is 297 g/mol. The highest BCUT2D eigenvalue weighted by Crippen LogP contribution is 2.31. The number of nitrogens with one attached hydrogen (secondary N) is 1. The molecule has 0 aromatic heterocycles. The van der Waals surface area contributed by atoms with Gasteiger partial charge < -0.3 is 9.47 Å². The van der Waals surface area contributed by atoms with E-state index in [-0.39, 0.29) is 12.1 Å². The predicted octanol–water partition coefficient (Wildman–Crippen LogP) is 3.19. The van der Waals surface area contributed by atoms with Gasteiger partial charge in [0.1, 0.15) is 5.54 Å². The number of rotatable bonds is 5.